The first kappa shape index (κ1) is 12.4. The van der Waals surface area contributed by atoms with E-state index in [1.165, 1.54) is 5.56 Å². The van der Waals surface area contributed by atoms with E-state index in [1.807, 2.05) is 13.0 Å². The Hall–Kier alpha value is -1.62. The quantitative estimate of drug-likeness (QED) is 0.944. The van der Waals surface area contributed by atoms with Gasteiger partial charge >= 0.3 is 0 Å². The Morgan fingerprint density at radius 2 is 2.32 bits per heavy atom. The standard InChI is InChI=1S/C14H14BrN3O/c1-9-2-4-16-14(18-9)17-8-11-7-12(15)6-10-3-5-19-13(10)11/h2,4,6-7H,3,5,8H2,1H3,(H,16,17,18). The van der Waals surface area contributed by atoms with Gasteiger partial charge in [-0.1, -0.05) is 15.9 Å². The number of hydrogen-bond acceptors (Lipinski definition) is 4. The minimum Gasteiger partial charge on any atom is -0.493 e. The number of hydrogen-bond donors (Lipinski definition) is 1. The molecule has 2 heterocycles. The summed E-state index contributed by atoms with van der Waals surface area (Å²) in [5.41, 5.74) is 3.34. The monoisotopic (exact) mass is 319 g/mol. The number of nitrogens with one attached hydrogen (secondary N) is 1. The van der Waals surface area contributed by atoms with E-state index in [-0.39, 0.29) is 0 Å². The molecule has 0 amide bonds. The fourth-order valence-electron chi connectivity index (χ4n) is 2.19. The summed E-state index contributed by atoms with van der Waals surface area (Å²) >= 11 is 3.54. The lowest BCUT2D eigenvalue weighted by Gasteiger charge is -2.10. The highest BCUT2D eigenvalue weighted by molar-refractivity contribution is 9.10. The van der Waals surface area contributed by atoms with E-state index in [9.17, 15) is 0 Å². The fraction of sp³-hybridized carbons (Fsp3) is 0.286. The molecule has 1 aromatic heterocycles. The molecule has 0 radical (unpaired) electrons. The van der Waals surface area contributed by atoms with Crippen LogP contribution in [-0.2, 0) is 13.0 Å². The summed E-state index contributed by atoms with van der Waals surface area (Å²) in [6, 6.07) is 6.08. The maximum absolute atomic E-state index is 5.70. The second kappa shape index (κ2) is 5.17. The number of halogens is 1. The highest BCUT2D eigenvalue weighted by Crippen LogP contribution is 2.33. The average molecular weight is 320 g/mol. The Kier molecular flexibility index (Phi) is 3.38. The molecule has 5 heteroatoms. The van der Waals surface area contributed by atoms with Gasteiger partial charge in [0.1, 0.15) is 5.75 Å². The molecule has 1 aromatic carbocycles. The smallest absolute Gasteiger partial charge is 0.223 e. The Morgan fingerprint density at radius 1 is 1.42 bits per heavy atom. The number of nitrogens with zero attached hydrogens (tertiary/aromatic N) is 2. The summed E-state index contributed by atoms with van der Waals surface area (Å²) in [4.78, 5) is 8.53. The Labute approximate surface area is 120 Å². The van der Waals surface area contributed by atoms with Crippen molar-refractivity contribution in [2.75, 3.05) is 11.9 Å². The Balaban J connectivity index is 1.81. The van der Waals surface area contributed by atoms with Crippen LogP contribution < -0.4 is 10.1 Å². The summed E-state index contributed by atoms with van der Waals surface area (Å²) in [7, 11) is 0. The lowest BCUT2D eigenvalue weighted by atomic mass is 10.1. The van der Waals surface area contributed by atoms with Gasteiger partial charge in [0.05, 0.1) is 6.61 Å². The average Bonchev–Trinajstić information content (AvgIpc) is 2.84. The van der Waals surface area contributed by atoms with E-state index < -0.39 is 0 Å². The van der Waals surface area contributed by atoms with Crippen molar-refractivity contribution < 1.29 is 4.74 Å². The molecule has 0 aliphatic carbocycles. The first-order chi connectivity index (χ1) is 9.22. The molecule has 0 spiro atoms. The first-order valence-corrected chi connectivity index (χ1v) is 6.99. The van der Waals surface area contributed by atoms with E-state index in [2.05, 4.69) is 43.3 Å². The summed E-state index contributed by atoms with van der Waals surface area (Å²) in [5.74, 6) is 1.65. The number of benzene rings is 1. The van der Waals surface area contributed by atoms with Crippen molar-refractivity contribution in [2.24, 2.45) is 0 Å². The molecule has 1 N–H and O–H groups in total. The second-order valence-electron chi connectivity index (χ2n) is 4.53. The maximum atomic E-state index is 5.70. The SMILES string of the molecule is Cc1ccnc(NCc2cc(Br)cc3c2OCC3)n1. The van der Waals surface area contributed by atoms with Gasteiger partial charge in [0.15, 0.2) is 0 Å². The van der Waals surface area contributed by atoms with Gasteiger partial charge in [0, 0.05) is 34.9 Å². The molecule has 1 aliphatic heterocycles. The van der Waals surface area contributed by atoms with Crippen LogP contribution in [0.2, 0.25) is 0 Å². The van der Waals surface area contributed by atoms with Crippen LogP contribution in [0.15, 0.2) is 28.9 Å². The lowest BCUT2D eigenvalue weighted by molar-refractivity contribution is 0.354. The highest BCUT2D eigenvalue weighted by Gasteiger charge is 2.17. The predicted molar refractivity (Wildman–Crippen MR) is 77.4 cm³/mol. The molecule has 2 aromatic rings. The van der Waals surface area contributed by atoms with Gasteiger partial charge in [-0.15, -0.1) is 0 Å². The summed E-state index contributed by atoms with van der Waals surface area (Å²) in [6.45, 7) is 3.37. The van der Waals surface area contributed by atoms with Crippen LogP contribution in [0.4, 0.5) is 5.95 Å². The van der Waals surface area contributed by atoms with Crippen molar-refractivity contribution in [1.82, 2.24) is 9.97 Å². The number of fused-ring (bicyclic) bond motifs is 1. The van der Waals surface area contributed by atoms with Crippen LogP contribution in [-0.4, -0.2) is 16.6 Å². The van der Waals surface area contributed by atoms with Crippen molar-refractivity contribution in [2.45, 2.75) is 19.9 Å². The lowest BCUT2D eigenvalue weighted by Crippen LogP contribution is -2.05. The van der Waals surface area contributed by atoms with E-state index in [1.54, 1.807) is 6.20 Å². The largest absolute Gasteiger partial charge is 0.493 e. The zero-order valence-electron chi connectivity index (χ0n) is 10.6. The molecule has 0 fully saturated rings. The molecule has 98 valence electrons. The summed E-state index contributed by atoms with van der Waals surface area (Å²) in [6.07, 6.45) is 2.73. The molecule has 0 saturated heterocycles. The van der Waals surface area contributed by atoms with Crippen LogP contribution in [0, 0.1) is 6.92 Å². The van der Waals surface area contributed by atoms with Crippen LogP contribution in [0.1, 0.15) is 16.8 Å². The zero-order chi connectivity index (χ0) is 13.2. The van der Waals surface area contributed by atoms with Crippen molar-refractivity contribution in [3.8, 4) is 5.75 Å². The first-order valence-electron chi connectivity index (χ1n) is 6.20. The summed E-state index contributed by atoms with van der Waals surface area (Å²) < 4.78 is 6.78. The fourth-order valence-corrected chi connectivity index (χ4v) is 2.74. The topological polar surface area (TPSA) is 47.0 Å². The molecule has 0 saturated carbocycles. The van der Waals surface area contributed by atoms with Gasteiger partial charge in [-0.2, -0.15) is 0 Å². The molecule has 0 atom stereocenters. The molecule has 0 unspecified atom stereocenters. The van der Waals surface area contributed by atoms with Crippen molar-refractivity contribution in [1.29, 1.82) is 0 Å². The minimum atomic E-state index is 0.645. The number of aromatic nitrogens is 2. The van der Waals surface area contributed by atoms with Gasteiger partial charge in [0.2, 0.25) is 5.95 Å². The second-order valence-corrected chi connectivity index (χ2v) is 5.44. The highest BCUT2D eigenvalue weighted by atomic mass is 79.9. The maximum Gasteiger partial charge on any atom is 0.223 e. The van der Waals surface area contributed by atoms with Gasteiger partial charge in [-0.3, -0.25) is 0 Å². The molecule has 4 nitrogen and oxygen atoms in total. The third kappa shape index (κ3) is 2.71. The molecule has 19 heavy (non-hydrogen) atoms. The third-order valence-corrected chi connectivity index (χ3v) is 3.51. The van der Waals surface area contributed by atoms with E-state index >= 15 is 0 Å². The molecule has 0 bridgehead atoms. The minimum absolute atomic E-state index is 0.645. The van der Waals surface area contributed by atoms with Gasteiger partial charge in [-0.05, 0) is 30.7 Å². The van der Waals surface area contributed by atoms with Gasteiger partial charge in [0.25, 0.3) is 0 Å². The van der Waals surface area contributed by atoms with E-state index in [4.69, 9.17) is 4.74 Å². The number of anilines is 1. The van der Waals surface area contributed by atoms with Crippen molar-refractivity contribution in [3.63, 3.8) is 0 Å². The Morgan fingerprint density at radius 3 is 3.16 bits per heavy atom. The van der Waals surface area contributed by atoms with Crippen LogP contribution in [0.3, 0.4) is 0 Å². The van der Waals surface area contributed by atoms with Gasteiger partial charge < -0.3 is 10.1 Å². The van der Waals surface area contributed by atoms with E-state index in [0.29, 0.717) is 12.5 Å². The van der Waals surface area contributed by atoms with Gasteiger partial charge in [-0.25, -0.2) is 9.97 Å². The third-order valence-electron chi connectivity index (χ3n) is 3.06. The van der Waals surface area contributed by atoms with Crippen LogP contribution in [0.25, 0.3) is 0 Å². The molecular formula is C14H14BrN3O. The van der Waals surface area contributed by atoms with Crippen molar-refractivity contribution >= 4 is 21.9 Å². The predicted octanol–water partition coefficient (Wildman–Crippen LogP) is 3.09. The molecule has 3 rings (SSSR count). The number of aryl methyl sites for hydroxylation is 1. The number of ether oxygens (including phenoxy) is 1. The Bertz CT molecular complexity index is 616. The number of rotatable bonds is 3. The molecule has 1 aliphatic rings. The summed E-state index contributed by atoms with van der Waals surface area (Å²) in [5, 5.41) is 3.24. The zero-order valence-corrected chi connectivity index (χ0v) is 12.2. The van der Waals surface area contributed by atoms with Crippen molar-refractivity contribution in [3.05, 3.63) is 45.7 Å². The van der Waals surface area contributed by atoms with Crippen LogP contribution in [0.5, 0.6) is 5.75 Å². The normalized spacial score (nSPS) is 12.9. The van der Waals surface area contributed by atoms with Crippen LogP contribution >= 0.6 is 15.9 Å². The van der Waals surface area contributed by atoms with E-state index in [0.717, 1.165) is 34.5 Å². The molecular weight excluding hydrogens is 306 g/mol.